The van der Waals surface area contributed by atoms with E-state index in [2.05, 4.69) is 15.9 Å². The van der Waals surface area contributed by atoms with Crippen molar-refractivity contribution in [2.24, 2.45) is 0 Å². The first-order chi connectivity index (χ1) is 8.12. The Morgan fingerprint density at radius 1 is 1.33 bits per heavy atom. The average molecular weight is 364 g/mol. The van der Waals surface area contributed by atoms with Gasteiger partial charge in [-0.15, -0.1) is 0 Å². The van der Waals surface area contributed by atoms with Gasteiger partial charge in [0.1, 0.15) is 0 Å². The van der Waals surface area contributed by atoms with Crippen LogP contribution in [0.2, 0.25) is 0 Å². The molecule has 1 aromatic carbocycles. The summed E-state index contributed by atoms with van der Waals surface area (Å²) in [6, 6.07) is 4.05. The molecule has 3 nitrogen and oxygen atoms in total. The third-order valence-electron chi connectivity index (χ3n) is 1.91. The third kappa shape index (κ3) is 4.69. The number of alkyl halides is 3. The van der Waals surface area contributed by atoms with Crippen molar-refractivity contribution in [1.82, 2.24) is 0 Å². The minimum atomic E-state index is -4.42. The van der Waals surface area contributed by atoms with Gasteiger partial charge in [-0.05, 0) is 45.9 Å². The first-order valence-corrected chi connectivity index (χ1v) is 8.03. The van der Waals surface area contributed by atoms with E-state index in [0.29, 0.717) is 5.69 Å². The molecule has 1 aromatic rings. The second kappa shape index (κ2) is 5.70. The lowest BCUT2D eigenvalue weighted by Gasteiger charge is -2.08. The van der Waals surface area contributed by atoms with Gasteiger partial charge in [-0.3, -0.25) is 0 Å². The molecule has 0 heterocycles. The molecule has 0 aliphatic heterocycles. The van der Waals surface area contributed by atoms with Crippen molar-refractivity contribution in [1.29, 1.82) is 0 Å². The molecule has 0 atom stereocenters. The molecule has 0 aromatic heterocycles. The van der Waals surface area contributed by atoms with E-state index in [1.165, 1.54) is 18.2 Å². The largest absolute Gasteiger partial charge is 0.441 e. The van der Waals surface area contributed by atoms with Gasteiger partial charge in [0, 0.05) is 15.9 Å². The lowest BCUT2D eigenvalue weighted by atomic mass is 10.3. The van der Waals surface area contributed by atoms with Crippen LogP contribution in [0.25, 0.3) is 0 Å². The number of halogens is 4. The number of anilines is 1. The SMILES string of the molecule is Nc1ccc(S(=O)(=O)CCSC(F)(F)F)c(Br)c1. The van der Waals surface area contributed by atoms with Gasteiger partial charge in [0.15, 0.2) is 9.84 Å². The fourth-order valence-electron chi connectivity index (χ4n) is 1.15. The molecule has 0 amide bonds. The minimum absolute atomic E-state index is 0.0560. The van der Waals surface area contributed by atoms with Crippen LogP contribution in [0.15, 0.2) is 27.6 Å². The van der Waals surface area contributed by atoms with Crippen LogP contribution in [0.1, 0.15) is 0 Å². The maximum atomic E-state index is 11.9. The summed E-state index contributed by atoms with van der Waals surface area (Å²) in [5, 5.41) is 0. The van der Waals surface area contributed by atoms with Crippen molar-refractivity contribution in [3.63, 3.8) is 0 Å². The Morgan fingerprint density at radius 2 is 1.94 bits per heavy atom. The number of nitrogens with two attached hydrogens (primary N) is 1. The molecule has 18 heavy (non-hydrogen) atoms. The van der Waals surface area contributed by atoms with Crippen LogP contribution in [-0.4, -0.2) is 25.4 Å². The Hall–Kier alpha value is -0.410. The molecule has 2 N–H and O–H groups in total. The monoisotopic (exact) mass is 363 g/mol. The van der Waals surface area contributed by atoms with E-state index < -0.39 is 26.9 Å². The number of thioether (sulfide) groups is 1. The zero-order valence-corrected chi connectivity index (χ0v) is 12.1. The first kappa shape index (κ1) is 15.6. The number of benzene rings is 1. The lowest BCUT2D eigenvalue weighted by molar-refractivity contribution is -0.0326. The standard InChI is InChI=1S/C9H9BrF3NO2S2/c10-7-5-6(14)1-2-8(7)18(15,16)4-3-17-9(11,12)13/h1-2,5H,3-4,14H2. The number of hydrogen-bond acceptors (Lipinski definition) is 4. The minimum Gasteiger partial charge on any atom is -0.399 e. The molecule has 0 aliphatic rings. The molecule has 102 valence electrons. The van der Waals surface area contributed by atoms with Crippen LogP contribution < -0.4 is 5.73 Å². The zero-order valence-electron chi connectivity index (χ0n) is 8.87. The number of sulfone groups is 1. The first-order valence-electron chi connectivity index (χ1n) is 4.60. The molecule has 1 rings (SSSR count). The molecule has 0 aliphatic carbocycles. The predicted octanol–water partition coefficient (Wildman–Crippen LogP) is 3.06. The summed E-state index contributed by atoms with van der Waals surface area (Å²) in [4.78, 5) is -0.0560. The van der Waals surface area contributed by atoms with Gasteiger partial charge in [0.2, 0.25) is 0 Å². The average Bonchev–Trinajstić information content (AvgIpc) is 2.13. The summed E-state index contributed by atoms with van der Waals surface area (Å²) in [6.45, 7) is 0. The quantitative estimate of drug-likeness (QED) is 0.835. The summed E-state index contributed by atoms with van der Waals surface area (Å²) in [6.07, 6.45) is 0. The Balaban J connectivity index is 2.81. The molecule has 0 radical (unpaired) electrons. The maximum absolute atomic E-state index is 11.9. The Kier molecular flexibility index (Phi) is 4.96. The maximum Gasteiger partial charge on any atom is 0.441 e. The highest BCUT2D eigenvalue weighted by Gasteiger charge is 2.29. The highest BCUT2D eigenvalue weighted by Crippen LogP contribution is 2.31. The van der Waals surface area contributed by atoms with Crippen LogP contribution in [0, 0.1) is 0 Å². The van der Waals surface area contributed by atoms with Gasteiger partial charge < -0.3 is 5.73 Å². The highest BCUT2D eigenvalue weighted by molar-refractivity contribution is 9.10. The fourth-order valence-corrected chi connectivity index (χ4v) is 4.58. The Labute approximate surface area is 115 Å². The summed E-state index contributed by atoms with van der Waals surface area (Å²) >= 11 is 2.67. The van der Waals surface area contributed by atoms with Gasteiger partial charge in [0.25, 0.3) is 0 Å². The van der Waals surface area contributed by atoms with Gasteiger partial charge in [-0.25, -0.2) is 8.42 Å². The molecule has 0 saturated heterocycles. The van der Waals surface area contributed by atoms with E-state index in [0.717, 1.165) is 0 Å². The van der Waals surface area contributed by atoms with E-state index in [9.17, 15) is 21.6 Å². The van der Waals surface area contributed by atoms with Crippen LogP contribution in [-0.2, 0) is 9.84 Å². The van der Waals surface area contributed by atoms with E-state index in [1.54, 1.807) is 0 Å². The van der Waals surface area contributed by atoms with Crippen molar-refractivity contribution in [2.75, 3.05) is 17.2 Å². The topological polar surface area (TPSA) is 60.2 Å². The zero-order chi connectivity index (χ0) is 14.0. The van der Waals surface area contributed by atoms with Crippen LogP contribution in [0.3, 0.4) is 0 Å². The fraction of sp³-hybridized carbons (Fsp3) is 0.333. The van der Waals surface area contributed by atoms with Crippen LogP contribution in [0.4, 0.5) is 18.9 Å². The van der Waals surface area contributed by atoms with Crippen molar-refractivity contribution >= 4 is 43.2 Å². The van der Waals surface area contributed by atoms with Crippen LogP contribution >= 0.6 is 27.7 Å². The van der Waals surface area contributed by atoms with Gasteiger partial charge in [-0.1, -0.05) is 0 Å². The molecule has 0 fully saturated rings. The predicted molar refractivity (Wildman–Crippen MR) is 69.1 cm³/mol. The number of rotatable bonds is 4. The van der Waals surface area contributed by atoms with Crippen molar-refractivity contribution in [3.05, 3.63) is 22.7 Å². The molecular weight excluding hydrogens is 355 g/mol. The van der Waals surface area contributed by atoms with E-state index >= 15 is 0 Å². The van der Waals surface area contributed by atoms with Crippen LogP contribution in [0.5, 0.6) is 0 Å². The Morgan fingerprint density at radius 3 is 2.44 bits per heavy atom. The number of nitrogen functional groups attached to an aromatic ring is 1. The normalized spacial score (nSPS) is 12.7. The summed E-state index contributed by atoms with van der Waals surface area (Å²) in [5.74, 6) is -1.12. The van der Waals surface area contributed by atoms with Crippen molar-refractivity contribution in [2.45, 2.75) is 10.4 Å². The van der Waals surface area contributed by atoms with Gasteiger partial charge >= 0.3 is 5.51 Å². The van der Waals surface area contributed by atoms with Gasteiger partial charge in [-0.2, -0.15) is 13.2 Å². The molecule has 9 heteroatoms. The van der Waals surface area contributed by atoms with E-state index in [1.807, 2.05) is 0 Å². The van der Waals surface area contributed by atoms with Crippen molar-refractivity contribution < 1.29 is 21.6 Å². The molecule has 0 saturated carbocycles. The summed E-state index contributed by atoms with van der Waals surface area (Å²) in [7, 11) is -3.75. The molecule has 0 spiro atoms. The van der Waals surface area contributed by atoms with E-state index in [4.69, 9.17) is 5.73 Å². The number of hydrogen-bond donors (Lipinski definition) is 1. The molecular formula is C9H9BrF3NO2S2. The second-order valence-corrected chi connectivity index (χ2v) is 7.39. The van der Waals surface area contributed by atoms with Gasteiger partial charge in [0.05, 0.1) is 10.6 Å². The summed E-state index contributed by atoms with van der Waals surface area (Å²) in [5.41, 5.74) is 1.39. The second-order valence-electron chi connectivity index (χ2n) is 3.30. The smallest absolute Gasteiger partial charge is 0.399 e. The lowest BCUT2D eigenvalue weighted by Crippen LogP contribution is -2.12. The molecule has 0 bridgehead atoms. The van der Waals surface area contributed by atoms with E-state index in [-0.39, 0.29) is 21.1 Å². The molecule has 0 unspecified atom stereocenters. The Bertz CT molecular complexity index is 531. The van der Waals surface area contributed by atoms with Crippen molar-refractivity contribution in [3.8, 4) is 0 Å². The highest BCUT2D eigenvalue weighted by atomic mass is 79.9. The summed E-state index contributed by atoms with van der Waals surface area (Å²) < 4.78 is 59.6. The third-order valence-corrected chi connectivity index (χ3v) is 5.59.